The van der Waals surface area contributed by atoms with Crippen LogP contribution >= 0.6 is 0 Å². The second-order valence-electron chi connectivity index (χ2n) is 4.98. The van der Waals surface area contributed by atoms with Crippen molar-refractivity contribution >= 4 is 16.9 Å². The molecular formula is C18H15NO2. The van der Waals surface area contributed by atoms with Crippen molar-refractivity contribution in [3.8, 4) is 16.9 Å². The van der Waals surface area contributed by atoms with Gasteiger partial charge in [-0.3, -0.25) is 9.78 Å². The van der Waals surface area contributed by atoms with E-state index in [9.17, 15) is 4.79 Å². The summed E-state index contributed by atoms with van der Waals surface area (Å²) in [5.41, 5.74) is 3.93. The summed E-state index contributed by atoms with van der Waals surface area (Å²) >= 11 is 0. The van der Waals surface area contributed by atoms with Crippen molar-refractivity contribution in [3.05, 3.63) is 60.3 Å². The van der Waals surface area contributed by atoms with Crippen LogP contribution in [0.4, 0.5) is 0 Å². The summed E-state index contributed by atoms with van der Waals surface area (Å²) < 4.78 is 5.35. The molecule has 0 unspecified atom stereocenters. The molecule has 0 N–H and O–H groups in total. The number of aromatic nitrogens is 1. The van der Waals surface area contributed by atoms with Crippen LogP contribution in [0.15, 0.2) is 54.7 Å². The number of pyridine rings is 1. The average molecular weight is 277 g/mol. The van der Waals surface area contributed by atoms with E-state index in [2.05, 4.69) is 11.1 Å². The first-order chi connectivity index (χ1) is 10.1. The summed E-state index contributed by atoms with van der Waals surface area (Å²) in [5.74, 6) is 0.146. The maximum Gasteiger partial charge on any atom is 0.308 e. The Balaban J connectivity index is 2.34. The molecule has 104 valence electrons. The van der Waals surface area contributed by atoms with E-state index in [0.717, 1.165) is 27.6 Å². The Kier molecular flexibility index (Phi) is 3.40. The Morgan fingerprint density at radius 1 is 1.10 bits per heavy atom. The summed E-state index contributed by atoms with van der Waals surface area (Å²) in [6.45, 7) is 3.43. The number of aryl methyl sites for hydroxylation is 1. The number of hydrogen-bond acceptors (Lipinski definition) is 3. The van der Waals surface area contributed by atoms with Gasteiger partial charge in [-0.05, 0) is 24.6 Å². The van der Waals surface area contributed by atoms with Gasteiger partial charge in [-0.2, -0.15) is 0 Å². The van der Waals surface area contributed by atoms with Gasteiger partial charge in [0.15, 0.2) is 5.75 Å². The maximum absolute atomic E-state index is 11.3. The van der Waals surface area contributed by atoms with Crippen LogP contribution in [0.2, 0.25) is 0 Å². The van der Waals surface area contributed by atoms with Gasteiger partial charge >= 0.3 is 5.97 Å². The predicted octanol–water partition coefficient (Wildman–Crippen LogP) is 4.14. The van der Waals surface area contributed by atoms with Gasteiger partial charge in [-0.1, -0.05) is 42.0 Å². The molecule has 0 fully saturated rings. The molecule has 0 aliphatic rings. The van der Waals surface area contributed by atoms with Crippen molar-refractivity contribution in [2.45, 2.75) is 13.8 Å². The zero-order valence-corrected chi connectivity index (χ0v) is 12.0. The summed E-state index contributed by atoms with van der Waals surface area (Å²) in [6.07, 6.45) is 1.61. The number of rotatable bonds is 2. The fraction of sp³-hybridized carbons (Fsp3) is 0.111. The van der Waals surface area contributed by atoms with Crippen LogP contribution < -0.4 is 4.74 Å². The number of nitrogens with zero attached hydrogens (tertiary/aromatic N) is 1. The van der Waals surface area contributed by atoms with Crippen LogP contribution in [0.25, 0.3) is 22.0 Å². The number of carbonyl (C=O) groups excluding carboxylic acids is 1. The number of esters is 1. The van der Waals surface area contributed by atoms with E-state index < -0.39 is 0 Å². The smallest absolute Gasteiger partial charge is 0.308 e. The molecule has 0 bridgehead atoms. The van der Waals surface area contributed by atoms with Crippen LogP contribution in [0.5, 0.6) is 5.75 Å². The van der Waals surface area contributed by atoms with Gasteiger partial charge in [0.2, 0.25) is 0 Å². The molecule has 0 spiro atoms. The molecule has 0 radical (unpaired) electrons. The van der Waals surface area contributed by atoms with Crippen LogP contribution in [0.1, 0.15) is 12.5 Å². The van der Waals surface area contributed by atoms with Crippen molar-refractivity contribution in [2.75, 3.05) is 0 Å². The minimum absolute atomic E-state index is 0.346. The van der Waals surface area contributed by atoms with E-state index in [1.807, 2.05) is 49.4 Å². The number of ether oxygens (including phenoxy) is 1. The van der Waals surface area contributed by atoms with E-state index in [0.29, 0.717) is 5.75 Å². The summed E-state index contributed by atoms with van der Waals surface area (Å²) in [5, 5.41) is 0.986. The average Bonchev–Trinajstić information content (AvgIpc) is 2.47. The standard InChI is InChI=1S/C18H15NO2/c1-12-8-9-16-15(10-12)18(14-6-4-3-5-7-14)17(11-19-16)21-13(2)20/h3-11H,1-2H3. The zero-order valence-electron chi connectivity index (χ0n) is 12.0. The molecule has 3 aromatic rings. The normalized spacial score (nSPS) is 10.6. The number of fused-ring (bicyclic) bond motifs is 1. The lowest BCUT2D eigenvalue weighted by atomic mass is 9.99. The summed E-state index contributed by atoms with van der Waals surface area (Å²) in [7, 11) is 0. The van der Waals surface area contributed by atoms with Crippen molar-refractivity contribution in [2.24, 2.45) is 0 Å². The lowest BCUT2D eigenvalue weighted by Gasteiger charge is -2.12. The minimum Gasteiger partial charge on any atom is -0.424 e. The van der Waals surface area contributed by atoms with E-state index in [4.69, 9.17) is 4.74 Å². The Bertz CT molecular complexity index is 810. The van der Waals surface area contributed by atoms with Crippen LogP contribution in [-0.4, -0.2) is 11.0 Å². The molecule has 1 aromatic heterocycles. The number of carbonyl (C=O) groups is 1. The summed E-state index contributed by atoms with van der Waals surface area (Å²) in [4.78, 5) is 15.7. The van der Waals surface area contributed by atoms with E-state index in [1.165, 1.54) is 6.92 Å². The van der Waals surface area contributed by atoms with Crippen molar-refractivity contribution in [1.29, 1.82) is 0 Å². The van der Waals surface area contributed by atoms with E-state index in [1.54, 1.807) is 6.20 Å². The molecule has 3 nitrogen and oxygen atoms in total. The highest BCUT2D eigenvalue weighted by Gasteiger charge is 2.13. The zero-order chi connectivity index (χ0) is 14.8. The van der Waals surface area contributed by atoms with Gasteiger partial charge in [-0.15, -0.1) is 0 Å². The summed E-state index contributed by atoms with van der Waals surface area (Å²) in [6, 6.07) is 16.0. The first-order valence-corrected chi connectivity index (χ1v) is 6.78. The Labute approximate surface area is 123 Å². The van der Waals surface area contributed by atoms with Crippen molar-refractivity contribution in [3.63, 3.8) is 0 Å². The predicted molar refractivity (Wildman–Crippen MR) is 83.2 cm³/mol. The first-order valence-electron chi connectivity index (χ1n) is 6.78. The van der Waals surface area contributed by atoms with Gasteiger partial charge in [-0.25, -0.2) is 0 Å². The van der Waals surface area contributed by atoms with Crippen molar-refractivity contribution < 1.29 is 9.53 Å². The lowest BCUT2D eigenvalue weighted by molar-refractivity contribution is -0.131. The van der Waals surface area contributed by atoms with Crippen LogP contribution in [-0.2, 0) is 4.79 Å². The largest absolute Gasteiger partial charge is 0.424 e. The quantitative estimate of drug-likeness (QED) is 0.661. The molecule has 0 amide bonds. The van der Waals surface area contributed by atoms with Crippen LogP contribution in [0.3, 0.4) is 0 Å². The Morgan fingerprint density at radius 2 is 1.86 bits per heavy atom. The van der Waals surface area contributed by atoms with Gasteiger partial charge in [0.1, 0.15) is 0 Å². The minimum atomic E-state index is -0.346. The fourth-order valence-electron chi connectivity index (χ4n) is 2.42. The second-order valence-corrected chi connectivity index (χ2v) is 4.98. The van der Waals surface area contributed by atoms with Gasteiger partial charge < -0.3 is 4.74 Å². The highest BCUT2D eigenvalue weighted by Crippen LogP contribution is 2.36. The SMILES string of the molecule is CC(=O)Oc1cnc2ccc(C)cc2c1-c1ccccc1. The third-order valence-electron chi connectivity index (χ3n) is 3.30. The third-order valence-corrected chi connectivity index (χ3v) is 3.30. The molecule has 2 aromatic carbocycles. The molecule has 21 heavy (non-hydrogen) atoms. The molecule has 3 heteroatoms. The molecule has 0 saturated heterocycles. The molecule has 0 atom stereocenters. The van der Waals surface area contributed by atoms with Crippen molar-refractivity contribution in [1.82, 2.24) is 4.98 Å². The molecule has 0 aliphatic heterocycles. The highest BCUT2D eigenvalue weighted by atomic mass is 16.5. The second kappa shape index (κ2) is 5.37. The number of hydrogen-bond donors (Lipinski definition) is 0. The first kappa shape index (κ1) is 13.3. The van der Waals surface area contributed by atoms with Gasteiger partial charge in [0.25, 0.3) is 0 Å². The molecule has 0 aliphatic carbocycles. The highest BCUT2D eigenvalue weighted by molar-refractivity contribution is 5.98. The van der Waals surface area contributed by atoms with E-state index >= 15 is 0 Å². The molecule has 0 saturated carbocycles. The van der Waals surface area contributed by atoms with E-state index in [-0.39, 0.29) is 5.97 Å². The van der Waals surface area contributed by atoms with Gasteiger partial charge in [0, 0.05) is 17.9 Å². The topological polar surface area (TPSA) is 39.2 Å². The molecular weight excluding hydrogens is 262 g/mol. The number of benzene rings is 2. The van der Waals surface area contributed by atoms with Gasteiger partial charge in [0.05, 0.1) is 11.7 Å². The third kappa shape index (κ3) is 2.63. The lowest BCUT2D eigenvalue weighted by Crippen LogP contribution is -2.03. The Hall–Kier alpha value is -2.68. The fourth-order valence-corrected chi connectivity index (χ4v) is 2.42. The van der Waals surface area contributed by atoms with Crippen LogP contribution in [0, 0.1) is 6.92 Å². The maximum atomic E-state index is 11.3. The molecule has 1 heterocycles. The molecule has 3 rings (SSSR count). The monoisotopic (exact) mass is 277 g/mol. The Morgan fingerprint density at radius 3 is 2.57 bits per heavy atom.